The molecule has 2 rings (SSSR count). The molecule has 86 valence electrons. The van der Waals surface area contributed by atoms with Crippen LogP contribution in [0.15, 0.2) is 30.6 Å². The molecule has 0 fully saturated rings. The number of hydrogen-bond acceptors (Lipinski definition) is 2. The Morgan fingerprint density at radius 2 is 2.29 bits per heavy atom. The fourth-order valence-corrected chi connectivity index (χ4v) is 1.67. The normalized spacial score (nSPS) is 10.2. The first-order valence-electron chi connectivity index (χ1n) is 5.42. The van der Waals surface area contributed by atoms with Crippen molar-refractivity contribution in [3.63, 3.8) is 0 Å². The summed E-state index contributed by atoms with van der Waals surface area (Å²) in [7, 11) is 0. The first kappa shape index (κ1) is 11.3. The van der Waals surface area contributed by atoms with Crippen LogP contribution in [0, 0.1) is 17.1 Å². The summed E-state index contributed by atoms with van der Waals surface area (Å²) in [5.74, 6) is -0.312. The van der Waals surface area contributed by atoms with Crippen LogP contribution in [0.25, 0.3) is 11.1 Å². The van der Waals surface area contributed by atoms with Crippen LogP contribution >= 0.6 is 0 Å². The molecule has 0 unspecified atom stereocenters. The summed E-state index contributed by atoms with van der Waals surface area (Å²) >= 11 is 0. The molecule has 0 atom stereocenters. The maximum absolute atomic E-state index is 13.8. The van der Waals surface area contributed by atoms with E-state index in [2.05, 4.69) is 5.10 Å². The SMILES string of the molecule is CCn1cc(-c2ccc(CC#N)cc2F)cn1. The zero-order valence-electron chi connectivity index (χ0n) is 9.52. The van der Waals surface area contributed by atoms with Crippen molar-refractivity contribution in [1.82, 2.24) is 9.78 Å². The first-order chi connectivity index (χ1) is 8.24. The van der Waals surface area contributed by atoms with E-state index < -0.39 is 0 Å². The Morgan fingerprint density at radius 1 is 1.47 bits per heavy atom. The number of benzene rings is 1. The van der Waals surface area contributed by atoms with Gasteiger partial charge >= 0.3 is 0 Å². The number of halogens is 1. The lowest BCUT2D eigenvalue weighted by molar-refractivity contribution is 0.629. The van der Waals surface area contributed by atoms with Crippen LogP contribution < -0.4 is 0 Å². The summed E-state index contributed by atoms with van der Waals surface area (Å²) < 4.78 is 15.6. The Morgan fingerprint density at radius 3 is 2.88 bits per heavy atom. The molecule has 0 radical (unpaired) electrons. The third kappa shape index (κ3) is 2.34. The summed E-state index contributed by atoms with van der Waals surface area (Å²) in [5.41, 5.74) is 1.97. The molecule has 0 spiro atoms. The third-order valence-electron chi connectivity index (χ3n) is 2.58. The molecule has 1 aromatic carbocycles. The lowest BCUT2D eigenvalue weighted by Gasteiger charge is -2.01. The van der Waals surface area contributed by atoms with Gasteiger partial charge in [0, 0.05) is 23.9 Å². The maximum atomic E-state index is 13.8. The zero-order chi connectivity index (χ0) is 12.3. The minimum Gasteiger partial charge on any atom is -0.272 e. The number of rotatable bonds is 3. The second-order valence-electron chi connectivity index (χ2n) is 3.73. The largest absolute Gasteiger partial charge is 0.272 e. The molecule has 3 nitrogen and oxygen atoms in total. The number of aromatic nitrogens is 2. The molecular weight excluding hydrogens is 217 g/mol. The molecule has 1 aromatic heterocycles. The van der Waals surface area contributed by atoms with Crippen LogP contribution in [0.3, 0.4) is 0 Å². The van der Waals surface area contributed by atoms with Crippen LogP contribution in [0.4, 0.5) is 4.39 Å². The molecule has 2 aromatic rings. The van der Waals surface area contributed by atoms with Crippen LogP contribution in [-0.2, 0) is 13.0 Å². The van der Waals surface area contributed by atoms with Crippen molar-refractivity contribution in [2.75, 3.05) is 0 Å². The molecule has 0 aliphatic carbocycles. The highest BCUT2D eigenvalue weighted by atomic mass is 19.1. The molecule has 17 heavy (non-hydrogen) atoms. The van der Waals surface area contributed by atoms with Gasteiger partial charge in [-0.3, -0.25) is 4.68 Å². The highest BCUT2D eigenvalue weighted by molar-refractivity contribution is 5.62. The minimum absolute atomic E-state index is 0.228. The van der Waals surface area contributed by atoms with Crippen molar-refractivity contribution in [3.05, 3.63) is 42.0 Å². The summed E-state index contributed by atoms with van der Waals surface area (Å²) in [6.45, 7) is 2.73. The van der Waals surface area contributed by atoms with Gasteiger partial charge in [-0.2, -0.15) is 10.4 Å². The van der Waals surface area contributed by atoms with E-state index in [0.29, 0.717) is 11.1 Å². The van der Waals surface area contributed by atoms with Crippen molar-refractivity contribution in [2.45, 2.75) is 19.9 Å². The van der Waals surface area contributed by atoms with Crippen LogP contribution in [0.5, 0.6) is 0 Å². The van der Waals surface area contributed by atoms with E-state index in [1.54, 1.807) is 23.0 Å². The van der Waals surface area contributed by atoms with E-state index in [-0.39, 0.29) is 12.2 Å². The van der Waals surface area contributed by atoms with Crippen LogP contribution in [0.1, 0.15) is 12.5 Å². The van der Waals surface area contributed by atoms with Crippen molar-refractivity contribution in [3.8, 4) is 17.2 Å². The van der Waals surface area contributed by atoms with Gasteiger partial charge in [0.2, 0.25) is 0 Å². The van der Waals surface area contributed by atoms with E-state index in [9.17, 15) is 4.39 Å². The first-order valence-corrected chi connectivity index (χ1v) is 5.42. The van der Waals surface area contributed by atoms with Gasteiger partial charge in [0.15, 0.2) is 0 Å². The van der Waals surface area contributed by atoms with Gasteiger partial charge in [0.25, 0.3) is 0 Å². The minimum atomic E-state index is -0.312. The fourth-order valence-electron chi connectivity index (χ4n) is 1.67. The molecule has 0 saturated carbocycles. The fraction of sp³-hybridized carbons (Fsp3) is 0.231. The Kier molecular flexibility index (Phi) is 3.20. The van der Waals surface area contributed by atoms with Gasteiger partial charge in [0.05, 0.1) is 18.7 Å². The summed E-state index contributed by atoms with van der Waals surface area (Å²) in [4.78, 5) is 0. The average molecular weight is 229 g/mol. The maximum Gasteiger partial charge on any atom is 0.131 e. The lowest BCUT2D eigenvalue weighted by Crippen LogP contribution is -1.92. The smallest absolute Gasteiger partial charge is 0.131 e. The van der Waals surface area contributed by atoms with Crippen LogP contribution in [0.2, 0.25) is 0 Å². The predicted molar refractivity (Wildman–Crippen MR) is 62.6 cm³/mol. The monoisotopic (exact) mass is 229 g/mol. The molecule has 0 saturated heterocycles. The van der Waals surface area contributed by atoms with Gasteiger partial charge in [-0.1, -0.05) is 12.1 Å². The van der Waals surface area contributed by atoms with E-state index in [1.807, 2.05) is 19.2 Å². The second-order valence-corrected chi connectivity index (χ2v) is 3.73. The summed E-state index contributed by atoms with van der Waals surface area (Å²) in [6, 6.07) is 6.87. The Bertz CT molecular complexity index is 566. The average Bonchev–Trinajstić information content (AvgIpc) is 2.78. The third-order valence-corrected chi connectivity index (χ3v) is 2.58. The molecule has 0 N–H and O–H groups in total. The van der Waals surface area contributed by atoms with Gasteiger partial charge < -0.3 is 0 Å². The second kappa shape index (κ2) is 4.79. The van der Waals surface area contributed by atoms with E-state index in [0.717, 1.165) is 12.1 Å². The van der Waals surface area contributed by atoms with Crippen molar-refractivity contribution >= 4 is 0 Å². The van der Waals surface area contributed by atoms with Gasteiger partial charge in [-0.25, -0.2) is 4.39 Å². The van der Waals surface area contributed by atoms with Gasteiger partial charge in [-0.15, -0.1) is 0 Å². The Balaban J connectivity index is 2.36. The molecule has 0 aliphatic rings. The van der Waals surface area contributed by atoms with Gasteiger partial charge in [-0.05, 0) is 18.6 Å². The Labute approximate surface area is 99.1 Å². The van der Waals surface area contributed by atoms with Crippen molar-refractivity contribution in [2.24, 2.45) is 0 Å². The number of aryl methyl sites for hydroxylation is 1. The standard InChI is InChI=1S/C13H12FN3/c1-2-17-9-11(8-16-17)12-4-3-10(5-6-15)7-13(12)14/h3-4,7-9H,2,5H2,1H3. The molecule has 0 aliphatic heterocycles. The van der Waals surface area contributed by atoms with E-state index >= 15 is 0 Å². The topological polar surface area (TPSA) is 41.6 Å². The highest BCUT2D eigenvalue weighted by Crippen LogP contribution is 2.23. The van der Waals surface area contributed by atoms with Gasteiger partial charge in [0.1, 0.15) is 5.82 Å². The van der Waals surface area contributed by atoms with E-state index in [1.165, 1.54) is 6.07 Å². The van der Waals surface area contributed by atoms with Crippen molar-refractivity contribution in [1.29, 1.82) is 5.26 Å². The van der Waals surface area contributed by atoms with Crippen LogP contribution in [-0.4, -0.2) is 9.78 Å². The Hall–Kier alpha value is -2.15. The summed E-state index contributed by atoms with van der Waals surface area (Å²) in [6.07, 6.45) is 3.68. The molecule has 0 amide bonds. The molecule has 1 heterocycles. The zero-order valence-corrected chi connectivity index (χ0v) is 9.52. The van der Waals surface area contributed by atoms with E-state index in [4.69, 9.17) is 5.26 Å². The predicted octanol–water partition coefficient (Wildman–Crippen LogP) is 2.78. The number of nitrogens with zero attached hydrogens (tertiary/aromatic N) is 3. The highest BCUT2D eigenvalue weighted by Gasteiger charge is 2.08. The van der Waals surface area contributed by atoms with Crippen molar-refractivity contribution < 1.29 is 4.39 Å². The lowest BCUT2D eigenvalue weighted by atomic mass is 10.1. The molecule has 0 bridgehead atoms. The number of hydrogen-bond donors (Lipinski definition) is 0. The quantitative estimate of drug-likeness (QED) is 0.812. The molecule has 4 heteroatoms. The summed E-state index contributed by atoms with van der Waals surface area (Å²) in [5, 5.41) is 12.7. The number of nitriles is 1. The molecular formula is C13H12FN3.